The molecule has 0 aliphatic rings. The van der Waals surface area contributed by atoms with Gasteiger partial charge in [-0.25, -0.2) is 0 Å². The number of hydrogen-bond acceptors (Lipinski definition) is 2. The van der Waals surface area contributed by atoms with Gasteiger partial charge in [-0.15, -0.1) is 0 Å². The molecule has 0 radical (unpaired) electrons. The topological polar surface area (TPSA) is 26.3 Å². The highest BCUT2D eigenvalue weighted by Gasteiger charge is 2.38. The zero-order valence-corrected chi connectivity index (χ0v) is 14.1. The summed E-state index contributed by atoms with van der Waals surface area (Å²) in [6, 6.07) is 0. The van der Waals surface area contributed by atoms with Crippen LogP contribution in [0.3, 0.4) is 0 Å². The van der Waals surface area contributed by atoms with E-state index in [-0.39, 0.29) is 22.7 Å². The highest BCUT2D eigenvalue weighted by molar-refractivity contribution is 5.73. The van der Waals surface area contributed by atoms with Crippen LogP contribution in [0.5, 0.6) is 0 Å². The van der Waals surface area contributed by atoms with E-state index in [1.807, 2.05) is 0 Å². The van der Waals surface area contributed by atoms with Crippen LogP contribution in [0.1, 0.15) is 80.6 Å². The molecule has 0 aromatic rings. The molecule has 0 aliphatic heterocycles. The molecular formula is C17H34O2. The molecule has 0 amide bonds. The van der Waals surface area contributed by atoms with Crippen molar-refractivity contribution in [2.24, 2.45) is 16.7 Å². The van der Waals surface area contributed by atoms with Crippen molar-refractivity contribution >= 4 is 5.97 Å². The van der Waals surface area contributed by atoms with Crippen molar-refractivity contribution in [3.8, 4) is 0 Å². The Bertz CT molecular complexity index is 266. The third-order valence-electron chi connectivity index (χ3n) is 4.60. The van der Waals surface area contributed by atoms with Gasteiger partial charge in [-0.1, -0.05) is 67.7 Å². The van der Waals surface area contributed by atoms with E-state index in [1.54, 1.807) is 0 Å². The molecule has 0 fully saturated rings. The number of rotatable bonds is 9. The van der Waals surface area contributed by atoms with E-state index in [4.69, 9.17) is 4.74 Å². The minimum absolute atomic E-state index is 0.00169. The number of ether oxygens (including phenoxy) is 1. The third kappa shape index (κ3) is 6.44. The number of esters is 1. The molecule has 0 aliphatic carbocycles. The minimum atomic E-state index is 0.00169. The molecule has 0 N–H and O–H groups in total. The lowest BCUT2D eigenvalue weighted by Crippen LogP contribution is -2.35. The van der Waals surface area contributed by atoms with Crippen LogP contribution in [0.4, 0.5) is 0 Å². The summed E-state index contributed by atoms with van der Waals surface area (Å²) < 4.78 is 5.48. The second-order valence-electron chi connectivity index (χ2n) is 7.14. The normalized spacial score (nSPS) is 14.3. The monoisotopic (exact) mass is 270 g/mol. The average molecular weight is 270 g/mol. The Kier molecular flexibility index (Phi) is 7.69. The van der Waals surface area contributed by atoms with Crippen LogP contribution >= 0.6 is 0 Å². The summed E-state index contributed by atoms with van der Waals surface area (Å²) in [5.41, 5.74) is 0.205. The van der Waals surface area contributed by atoms with Crippen molar-refractivity contribution < 1.29 is 9.53 Å². The number of carbonyl (C=O) groups is 1. The van der Waals surface area contributed by atoms with Gasteiger partial charge in [-0.3, -0.25) is 4.79 Å². The molecule has 19 heavy (non-hydrogen) atoms. The van der Waals surface area contributed by atoms with Crippen LogP contribution < -0.4 is 0 Å². The molecule has 1 atom stereocenters. The Morgan fingerprint density at radius 2 is 1.63 bits per heavy atom. The van der Waals surface area contributed by atoms with Crippen LogP contribution in [0.15, 0.2) is 0 Å². The van der Waals surface area contributed by atoms with E-state index in [1.165, 1.54) is 0 Å². The fourth-order valence-electron chi connectivity index (χ4n) is 2.04. The highest BCUT2D eigenvalue weighted by atomic mass is 16.5. The predicted octanol–water partition coefficient (Wildman–Crippen LogP) is 5.21. The maximum absolute atomic E-state index is 12.4. The van der Waals surface area contributed by atoms with Crippen LogP contribution in [-0.4, -0.2) is 12.6 Å². The summed E-state index contributed by atoms with van der Waals surface area (Å²) in [7, 11) is 0. The molecule has 2 heteroatoms. The van der Waals surface area contributed by atoms with Gasteiger partial charge in [0.1, 0.15) is 0 Å². The Balaban J connectivity index is 4.82. The highest BCUT2D eigenvalue weighted by Crippen LogP contribution is 2.40. The largest absolute Gasteiger partial charge is 0.465 e. The standard InChI is InChI=1S/C17H34O2/c1-8-11-12-19-15(18)14(17(6,7)10-3)13-16(4,5)9-2/h14H,8-13H2,1-7H3. The molecule has 114 valence electrons. The zero-order valence-electron chi connectivity index (χ0n) is 14.1. The maximum atomic E-state index is 12.4. The van der Waals surface area contributed by atoms with Crippen molar-refractivity contribution in [3.63, 3.8) is 0 Å². The Hall–Kier alpha value is -0.530. The molecule has 1 unspecified atom stereocenters. The van der Waals surface area contributed by atoms with Crippen molar-refractivity contribution in [2.75, 3.05) is 6.61 Å². The Morgan fingerprint density at radius 1 is 1.05 bits per heavy atom. The molecule has 0 spiro atoms. The fourth-order valence-corrected chi connectivity index (χ4v) is 2.04. The Labute approximate surface area is 120 Å². The molecule has 0 saturated heterocycles. The minimum Gasteiger partial charge on any atom is -0.465 e. The fraction of sp³-hybridized carbons (Fsp3) is 0.941. The lowest BCUT2D eigenvalue weighted by molar-refractivity contribution is -0.154. The van der Waals surface area contributed by atoms with Crippen LogP contribution in [0.2, 0.25) is 0 Å². The zero-order chi connectivity index (χ0) is 15.1. The van der Waals surface area contributed by atoms with Gasteiger partial charge >= 0.3 is 5.97 Å². The summed E-state index contributed by atoms with van der Waals surface area (Å²) in [6.07, 6.45) is 5.03. The predicted molar refractivity (Wildman–Crippen MR) is 82.1 cm³/mol. The van der Waals surface area contributed by atoms with Gasteiger partial charge < -0.3 is 4.74 Å². The van der Waals surface area contributed by atoms with E-state index < -0.39 is 0 Å². The van der Waals surface area contributed by atoms with Crippen LogP contribution in [0, 0.1) is 16.7 Å². The molecule has 0 bridgehead atoms. The van der Waals surface area contributed by atoms with E-state index in [9.17, 15) is 4.79 Å². The lowest BCUT2D eigenvalue weighted by atomic mass is 9.68. The van der Waals surface area contributed by atoms with E-state index >= 15 is 0 Å². The average Bonchev–Trinajstić information content (AvgIpc) is 2.36. The summed E-state index contributed by atoms with van der Waals surface area (Å²) in [5.74, 6) is 0.00568. The number of hydrogen-bond donors (Lipinski definition) is 0. The molecule has 0 aromatic heterocycles. The van der Waals surface area contributed by atoms with E-state index in [0.717, 1.165) is 32.1 Å². The van der Waals surface area contributed by atoms with Crippen molar-refractivity contribution in [2.45, 2.75) is 80.6 Å². The van der Waals surface area contributed by atoms with Gasteiger partial charge in [0.25, 0.3) is 0 Å². The second kappa shape index (κ2) is 7.91. The van der Waals surface area contributed by atoms with Crippen LogP contribution in [-0.2, 0) is 9.53 Å². The van der Waals surface area contributed by atoms with E-state index in [2.05, 4.69) is 48.5 Å². The summed E-state index contributed by atoms with van der Waals surface area (Å²) in [6.45, 7) is 15.9. The number of unbranched alkanes of at least 4 members (excludes halogenated alkanes) is 1. The quantitative estimate of drug-likeness (QED) is 0.425. The lowest BCUT2D eigenvalue weighted by Gasteiger charge is -2.37. The van der Waals surface area contributed by atoms with Gasteiger partial charge in [0.15, 0.2) is 0 Å². The maximum Gasteiger partial charge on any atom is 0.309 e. The molecule has 0 saturated carbocycles. The first-order chi connectivity index (χ1) is 8.70. The molecule has 0 rings (SSSR count). The SMILES string of the molecule is CCCCOC(=O)C(CC(C)(C)CC)C(C)(C)CC. The van der Waals surface area contributed by atoms with Gasteiger partial charge in [0.05, 0.1) is 12.5 Å². The van der Waals surface area contributed by atoms with Gasteiger partial charge in [0.2, 0.25) is 0 Å². The first kappa shape index (κ1) is 18.5. The van der Waals surface area contributed by atoms with Crippen molar-refractivity contribution in [1.29, 1.82) is 0 Å². The molecule has 0 aromatic carbocycles. The number of carbonyl (C=O) groups excluding carboxylic acids is 1. The first-order valence-corrected chi connectivity index (χ1v) is 7.86. The summed E-state index contributed by atoms with van der Waals surface area (Å²) in [4.78, 5) is 12.4. The van der Waals surface area contributed by atoms with Crippen LogP contribution in [0.25, 0.3) is 0 Å². The van der Waals surface area contributed by atoms with E-state index in [0.29, 0.717) is 6.61 Å². The summed E-state index contributed by atoms with van der Waals surface area (Å²) in [5, 5.41) is 0. The molecule has 2 nitrogen and oxygen atoms in total. The van der Waals surface area contributed by atoms with Crippen molar-refractivity contribution in [1.82, 2.24) is 0 Å². The first-order valence-electron chi connectivity index (χ1n) is 7.86. The molecule has 0 heterocycles. The smallest absolute Gasteiger partial charge is 0.309 e. The Morgan fingerprint density at radius 3 is 2.05 bits per heavy atom. The van der Waals surface area contributed by atoms with Gasteiger partial charge in [0, 0.05) is 0 Å². The third-order valence-corrected chi connectivity index (χ3v) is 4.60. The second-order valence-corrected chi connectivity index (χ2v) is 7.14. The summed E-state index contributed by atoms with van der Waals surface area (Å²) >= 11 is 0. The van der Waals surface area contributed by atoms with Crippen molar-refractivity contribution in [3.05, 3.63) is 0 Å². The van der Waals surface area contributed by atoms with Gasteiger partial charge in [-0.05, 0) is 23.7 Å². The molecular weight excluding hydrogens is 236 g/mol. The van der Waals surface area contributed by atoms with Gasteiger partial charge in [-0.2, -0.15) is 0 Å².